The lowest BCUT2D eigenvalue weighted by Gasteiger charge is -2.18. The lowest BCUT2D eigenvalue weighted by molar-refractivity contribution is 0.239. The van der Waals surface area contributed by atoms with Crippen LogP contribution in [0, 0.1) is 0 Å². The number of nitrogens with zero attached hydrogens (tertiary/aromatic N) is 3. The topological polar surface area (TPSA) is 57.6 Å². The van der Waals surface area contributed by atoms with E-state index >= 15 is 0 Å². The minimum Gasteiger partial charge on any atom is -0.255 e. The zero-order valence-corrected chi connectivity index (χ0v) is 13.4. The molecular weight excluding hydrogens is 292 g/mol. The summed E-state index contributed by atoms with van der Waals surface area (Å²) in [7, 11) is 0. The molecule has 0 aromatic carbocycles. The summed E-state index contributed by atoms with van der Waals surface area (Å²) in [5, 5.41) is 3.92. The van der Waals surface area contributed by atoms with Gasteiger partial charge in [0.2, 0.25) is 0 Å². The van der Waals surface area contributed by atoms with Crippen molar-refractivity contribution < 1.29 is 4.79 Å². The van der Waals surface area contributed by atoms with Crippen LogP contribution in [0.4, 0.5) is 4.79 Å². The molecule has 110 valence electrons. The fourth-order valence-corrected chi connectivity index (χ4v) is 2.91. The predicted octanol–water partition coefficient (Wildman–Crippen LogP) is 3.54. The molecule has 1 aromatic rings. The van der Waals surface area contributed by atoms with Crippen molar-refractivity contribution in [3.05, 3.63) is 30.1 Å². The first-order chi connectivity index (χ1) is 9.77. The van der Waals surface area contributed by atoms with Gasteiger partial charge in [0.15, 0.2) is 0 Å². The summed E-state index contributed by atoms with van der Waals surface area (Å²) in [6.07, 6.45) is 5.27. The lowest BCUT2D eigenvalue weighted by atomic mass is 10.4. The first-order valence-electron chi connectivity index (χ1n) is 6.58. The van der Waals surface area contributed by atoms with Gasteiger partial charge in [-0.2, -0.15) is 5.10 Å². The second-order valence-electron chi connectivity index (χ2n) is 3.85. The first-order valence-corrected chi connectivity index (χ1v) is 8.46. The minimum atomic E-state index is -0.214. The predicted molar refractivity (Wildman–Crippen MR) is 87.7 cm³/mol. The van der Waals surface area contributed by atoms with E-state index in [9.17, 15) is 4.79 Å². The standard InChI is InChI=1S/C13H20N4OS2/c1-3-9-19-17(20-10-4-2)13(18)16-15-11-12-7-5-6-8-14-12/h5-8,11H,3-4,9-10H2,1-2H3,(H,16,18)/b15-11+. The Morgan fingerprint density at radius 3 is 2.60 bits per heavy atom. The molecule has 1 N–H and O–H groups in total. The van der Waals surface area contributed by atoms with Gasteiger partial charge in [0.25, 0.3) is 0 Å². The van der Waals surface area contributed by atoms with E-state index in [1.165, 1.54) is 30.1 Å². The van der Waals surface area contributed by atoms with Crippen LogP contribution in [0.25, 0.3) is 0 Å². The van der Waals surface area contributed by atoms with Crippen LogP contribution in [-0.2, 0) is 0 Å². The van der Waals surface area contributed by atoms with E-state index in [4.69, 9.17) is 0 Å². The Labute approximate surface area is 128 Å². The molecule has 0 atom stereocenters. The van der Waals surface area contributed by atoms with Crippen LogP contribution in [0.3, 0.4) is 0 Å². The van der Waals surface area contributed by atoms with E-state index in [0.29, 0.717) is 5.69 Å². The number of aromatic nitrogens is 1. The summed E-state index contributed by atoms with van der Waals surface area (Å²) in [5.74, 6) is 1.82. The smallest absolute Gasteiger partial charge is 0.255 e. The van der Waals surface area contributed by atoms with Crippen molar-refractivity contribution in [3.8, 4) is 0 Å². The minimum absolute atomic E-state index is 0.214. The van der Waals surface area contributed by atoms with Gasteiger partial charge < -0.3 is 0 Å². The number of rotatable bonds is 8. The Morgan fingerprint density at radius 1 is 1.35 bits per heavy atom. The number of hydrogen-bond acceptors (Lipinski definition) is 5. The number of carbonyl (C=O) groups is 1. The van der Waals surface area contributed by atoms with Gasteiger partial charge >= 0.3 is 6.03 Å². The van der Waals surface area contributed by atoms with Crippen molar-refractivity contribution in [1.29, 1.82) is 0 Å². The highest BCUT2D eigenvalue weighted by Gasteiger charge is 2.13. The third-order valence-corrected chi connectivity index (χ3v) is 4.65. The Morgan fingerprint density at radius 2 is 2.05 bits per heavy atom. The van der Waals surface area contributed by atoms with Crippen LogP contribution in [0.5, 0.6) is 0 Å². The molecule has 2 amide bonds. The van der Waals surface area contributed by atoms with E-state index in [1.807, 2.05) is 18.2 Å². The van der Waals surface area contributed by atoms with E-state index in [2.05, 4.69) is 29.4 Å². The molecule has 1 heterocycles. The van der Waals surface area contributed by atoms with E-state index < -0.39 is 0 Å². The Kier molecular flexibility index (Phi) is 8.90. The van der Waals surface area contributed by atoms with Crippen molar-refractivity contribution in [1.82, 2.24) is 14.1 Å². The zero-order valence-electron chi connectivity index (χ0n) is 11.8. The summed E-state index contributed by atoms with van der Waals surface area (Å²) in [5.41, 5.74) is 3.23. The Hall–Kier alpha value is -1.21. The van der Waals surface area contributed by atoms with Gasteiger partial charge in [-0.15, -0.1) is 0 Å². The highest BCUT2D eigenvalue weighted by atomic mass is 32.2. The third kappa shape index (κ3) is 6.81. The van der Waals surface area contributed by atoms with Crippen LogP contribution in [0.15, 0.2) is 29.5 Å². The number of amides is 2. The molecule has 0 spiro atoms. The SMILES string of the molecule is CCCSN(SCCC)C(=O)N/N=C/c1ccccn1. The molecule has 0 unspecified atom stereocenters. The Balaban J connectivity index is 2.46. The number of hydrazone groups is 1. The van der Waals surface area contributed by atoms with Gasteiger partial charge in [-0.3, -0.25) is 4.98 Å². The van der Waals surface area contributed by atoms with Gasteiger partial charge in [-0.05, 0) is 48.9 Å². The molecule has 0 aliphatic carbocycles. The number of nitrogens with one attached hydrogen (secondary N) is 1. The number of carbonyl (C=O) groups excluding carboxylic acids is 1. The normalized spacial score (nSPS) is 10.7. The highest BCUT2D eigenvalue weighted by molar-refractivity contribution is 8.12. The number of pyridine rings is 1. The highest BCUT2D eigenvalue weighted by Crippen LogP contribution is 2.22. The molecular formula is C13H20N4OS2. The van der Waals surface area contributed by atoms with Crippen molar-refractivity contribution in [2.24, 2.45) is 5.10 Å². The first kappa shape index (κ1) is 16.8. The maximum atomic E-state index is 12.0. The maximum absolute atomic E-state index is 12.0. The summed E-state index contributed by atoms with van der Waals surface area (Å²) < 4.78 is 1.66. The van der Waals surface area contributed by atoms with Crippen LogP contribution < -0.4 is 5.43 Å². The van der Waals surface area contributed by atoms with Gasteiger partial charge in [0.1, 0.15) is 0 Å². The van der Waals surface area contributed by atoms with Crippen molar-refractivity contribution in [2.45, 2.75) is 26.7 Å². The van der Waals surface area contributed by atoms with Crippen LogP contribution in [0.1, 0.15) is 32.4 Å². The summed E-state index contributed by atoms with van der Waals surface area (Å²) >= 11 is 3.02. The second-order valence-corrected chi connectivity index (χ2v) is 6.15. The molecule has 1 rings (SSSR count). The molecule has 0 bridgehead atoms. The van der Waals surface area contributed by atoms with Crippen molar-refractivity contribution in [3.63, 3.8) is 0 Å². The molecule has 0 saturated carbocycles. The van der Waals surface area contributed by atoms with Crippen molar-refractivity contribution >= 4 is 36.1 Å². The largest absolute Gasteiger partial charge is 0.358 e. The van der Waals surface area contributed by atoms with E-state index in [1.54, 1.807) is 9.91 Å². The summed E-state index contributed by atoms with van der Waals surface area (Å²) in [6.45, 7) is 4.18. The number of urea groups is 1. The molecule has 0 fully saturated rings. The Bertz CT molecular complexity index is 406. The van der Waals surface area contributed by atoms with Gasteiger partial charge in [0.05, 0.1) is 11.9 Å². The molecule has 0 aliphatic rings. The van der Waals surface area contributed by atoms with Gasteiger partial charge in [0, 0.05) is 17.7 Å². The third-order valence-electron chi connectivity index (χ3n) is 2.04. The molecule has 5 nitrogen and oxygen atoms in total. The average Bonchev–Trinajstić information content (AvgIpc) is 2.48. The molecule has 1 aromatic heterocycles. The average molecular weight is 312 g/mol. The van der Waals surface area contributed by atoms with Gasteiger partial charge in [-0.25, -0.2) is 13.9 Å². The monoisotopic (exact) mass is 312 g/mol. The molecule has 20 heavy (non-hydrogen) atoms. The second kappa shape index (κ2) is 10.6. The van der Waals surface area contributed by atoms with Crippen LogP contribution >= 0.6 is 23.9 Å². The van der Waals surface area contributed by atoms with E-state index in [-0.39, 0.29) is 6.03 Å². The molecule has 0 radical (unpaired) electrons. The maximum Gasteiger partial charge on any atom is 0.358 e. The molecule has 0 saturated heterocycles. The van der Waals surface area contributed by atoms with E-state index in [0.717, 1.165) is 24.3 Å². The summed E-state index contributed by atoms with van der Waals surface area (Å²) in [4.78, 5) is 16.1. The van der Waals surface area contributed by atoms with Crippen LogP contribution in [0.2, 0.25) is 0 Å². The molecule has 7 heteroatoms. The molecule has 0 aliphatic heterocycles. The lowest BCUT2D eigenvalue weighted by Crippen LogP contribution is -2.28. The van der Waals surface area contributed by atoms with Crippen molar-refractivity contribution in [2.75, 3.05) is 11.5 Å². The quantitative estimate of drug-likeness (QED) is 0.453. The fourth-order valence-electron chi connectivity index (χ4n) is 1.15. The zero-order chi connectivity index (χ0) is 14.6. The van der Waals surface area contributed by atoms with Gasteiger partial charge in [-0.1, -0.05) is 19.9 Å². The fraction of sp³-hybridized carbons (Fsp3) is 0.462. The number of hydrogen-bond donors (Lipinski definition) is 1. The summed E-state index contributed by atoms with van der Waals surface area (Å²) in [6, 6.07) is 5.32. The van der Waals surface area contributed by atoms with Crippen LogP contribution in [-0.4, -0.2) is 32.4 Å².